The van der Waals surface area contributed by atoms with Crippen LogP contribution in [0.25, 0.3) is 0 Å². The van der Waals surface area contributed by atoms with Gasteiger partial charge in [0.2, 0.25) is 0 Å². The number of anilines is 1. The first kappa shape index (κ1) is 29.7. The lowest BCUT2D eigenvalue weighted by atomic mass is 9.80. The number of nitrogens with zero attached hydrogens (tertiary/aromatic N) is 2. The first-order chi connectivity index (χ1) is 18.2. The fourth-order valence-electron chi connectivity index (χ4n) is 4.68. The summed E-state index contributed by atoms with van der Waals surface area (Å²) < 4.78 is 27.9. The number of halogens is 3. The van der Waals surface area contributed by atoms with Crippen LogP contribution in [0.1, 0.15) is 78.6 Å². The number of hydrogen-bond acceptors (Lipinski definition) is 4. The summed E-state index contributed by atoms with van der Waals surface area (Å²) in [6.07, 6.45) is 4.77. The minimum atomic E-state index is -2.62. The Hall–Kier alpha value is -2.84. The highest BCUT2D eigenvalue weighted by atomic mass is 35.5. The molecular weight excluding hydrogens is 508 g/mol. The van der Waals surface area contributed by atoms with E-state index < -0.39 is 6.43 Å². The van der Waals surface area contributed by atoms with E-state index in [1.54, 1.807) is 24.1 Å². The minimum absolute atomic E-state index is 0.0274. The number of nitrogens with one attached hydrogen (secondary N) is 3. The van der Waals surface area contributed by atoms with Gasteiger partial charge in [0.15, 0.2) is 0 Å². The van der Waals surface area contributed by atoms with Crippen LogP contribution in [0.15, 0.2) is 36.4 Å². The minimum Gasteiger partial charge on any atom is -0.327 e. The van der Waals surface area contributed by atoms with Gasteiger partial charge < -0.3 is 15.1 Å². The first-order valence-corrected chi connectivity index (χ1v) is 13.6. The van der Waals surface area contributed by atoms with Crippen molar-refractivity contribution in [2.45, 2.75) is 76.9 Å². The normalized spacial score (nSPS) is 16.3. The van der Waals surface area contributed by atoms with Gasteiger partial charge in [0, 0.05) is 41.8 Å². The predicted molar refractivity (Wildman–Crippen MR) is 151 cm³/mol. The van der Waals surface area contributed by atoms with Crippen molar-refractivity contribution < 1.29 is 13.6 Å². The van der Waals surface area contributed by atoms with Gasteiger partial charge in [0.05, 0.1) is 19.2 Å². The van der Waals surface area contributed by atoms with Crippen LogP contribution in [0.2, 0.25) is 0 Å². The molecule has 4 rings (SSSR count). The zero-order valence-electron chi connectivity index (χ0n) is 22.3. The van der Waals surface area contributed by atoms with Crippen molar-refractivity contribution in [3.05, 3.63) is 64.2 Å². The van der Waals surface area contributed by atoms with Crippen LogP contribution in [0.3, 0.4) is 0 Å². The lowest BCUT2D eigenvalue weighted by Gasteiger charge is -2.32. The maximum atomic E-state index is 13.9. The fraction of sp³-hybridized carbons (Fsp3) is 0.483. The van der Waals surface area contributed by atoms with Crippen molar-refractivity contribution in [1.29, 1.82) is 10.8 Å². The van der Waals surface area contributed by atoms with E-state index in [4.69, 9.17) is 22.4 Å². The SMILES string of the molecule is CCC(Cl)Cc1cccc(N2Cc3c(cc(CNC(C)C4CCC4)cc3C(F)F)C2=O)c1.CN(C=N)C=N. The van der Waals surface area contributed by atoms with Crippen LogP contribution >= 0.6 is 11.6 Å². The van der Waals surface area contributed by atoms with Gasteiger partial charge in [-0.1, -0.05) is 25.5 Å². The van der Waals surface area contributed by atoms with E-state index in [0.717, 1.165) is 35.9 Å². The molecule has 1 amide bonds. The van der Waals surface area contributed by atoms with Gasteiger partial charge in [-0.2, -0.15) is 0 Å². The van der Waals surface area contributed by atoms with Gasteiger partial charge in [0.1, 0.15) is 0 Å². The smallest absolute Gasteiger partial charge is 0.264 e. The van der Waals surface area contributed by atoms with Crippen LogP contribution in [-0.4, -0.2) is 42.0 Å². The van der Waals surface area contributed by atoms with E-state index >= 15 is 0 Å². The van der Waals surface area contributed by atoms with E-state index in [0.29, 0.717) is 36.1 Å². The summed E-state index contributed by atoms with van der Waals surface area (Å²) >= 11 is 6.30. The maximum absolute atomic E-state index is 13.9. The molecule has 2 unspecified atom stereocenters. The summed E-state index contributed by atoms with van der Waals surface area (Å²) in [5, 5.41) is 16.4. The van der Waals surface area contributed by atoms with Crippen LogP contribution in [0.5, 0.6) is 0 Å². The molecule has 1 heterocycles. The second kappa shape index (κ2) is 13.8. The summed E-state index contributed by atoms with van der Waals surface area (Å²) in [5.74, 6) is 0.439. The molecule has 206 valence electrons. The lowest BCUT2D eigenvalue weighted by molar-refractivity contribution is 0.0996. The van der Waals surface area contributed by atoms with Gasteiger partial charge in [-0.3, -0.25) is 15.6 Å². The van der Waals surface area contributed by atoms with Crippen LogP contribution < -0.4 is 10.2 Å². The Bertz CT molecular complexity index is 1120. The number of benzene rings is 2. The van der Waals surface area contributed by atoms with Crippen LogP contribution in [0.4, 0.5) is 14.5 Å². The van der Waals surface area contributed by atoms with Gasteiger partial charge in [-0.05, 0) is 79.5 Å². The molecule has 0 aromatic heterocycles. The number of hydrogen-bond donors (Lipinski definition) is 3. The van der Waals surface area contributed by atoms with Crippen molar-refractivity contribution in [3.63, 3.8) is 0 Å². The van der Waals surface area contributed by atoms with E-state index in [9.17, 15) is 13.6 Å². The zero-order valence-corrected chi connectivity index (χ0v) is 23.1. The molecule has 2 aliphatic rings. The highest BCUT2D eigenvalue weighted by molar-refractivity contribution is 6.20. The Labute approximate surface area is 229 Å². The number of carbonyl (C=O) groups is 1. The largest absolute Gasteiger partial charge is 0.327 e. The third kappa shape index (κ3) is 7.38. The lowest BCUT2D eigenvalue weighted by Crippen LogP contribution is -2.36. The van der Waals surface area contributed by atoms with E-state index in [1.165, 1.54) is 24.2 Å². The summed E-state index contributed by atoms with van der Waals surface area (Å²) in [6.45, 7) is 4.84. The molecule has 0 saturated heterocycles. The monoisotopic (exact) mass is 545 g/mol. The quantitative estimate of drug-likeness (QED) is 0.166. The summed E-state index contributed by atoms with van der Waals surface area (Å²) in [5.41, 5.74) is 3.30. The predicted octanol–water partition coefficient (Wildman–Crippen LogP) is 6.76. The van der Waals surface area contributed by atoms with Crippen molar-refractivity contribution in [3.8, 4) is 0 Å². The third-order valence-corrected chi connectivity index (χ3v) is 7.85. The standard InChI is InChI=1S/C26H31ClF2N2O.C3H7N3/c1-3-20(27)10-17-6-4-9-21(11-17)31-15-24-22(25(28)29)12-18(13-23(24)26(31)32)14-30-16(2)19-7-5-8-19;1-6(2-4)3-5/h4,6,9,11-13,16,19-20,25,30H,3,5,7-8,10,14-15H2,1-2H3;2-5H,1H3. The molecule has 0 spiro atoms. The number of rotatable bonds is 11. The molecule has 1 aliphatic carbocycles. The van der Waals surface area contributed by atoms with Gasteiger partial charge in [-0.15, -0.1) is 11.6 Å². The average molecular weight is 546 g/mol. The number of carbonyl (C=O) groups excluding carboxylic acids is 1. The van der Waals surface area contributed by atoms with Crippen LogP contribution in [0, 0.1) is 16.7 Å². The molecule has 1 aliphatic heterocycles. The van der Waals surface area contributed by atoms with Gasteiger partial charge in [-0.25, -0.2) is 8.78 Å². The molecule has 0 bridgehead atoms. The number of amides is 1. The molecule has 0 radical (unpaired) electrons. The molecule has 2 aromatic rings. The number of alkyl halides is 3. The third-order valence-electron chi connectivity index (χ3n) is 7.39. The van der Waals surface area contributed by atoms with Gasteiger partial charge in [0.25, 0.3) is 12.3 Å². The van der Waals surface area contributed by atoms with Gasteiger partial charge >= 0.3 is 0 Å². The summed E-state index contributed by atoms with van der Waals surface area (Å²) in [4.78, 5) is 16.2. The molecule has 6 nitrogen and oxygen atoms in total. The van der Waals surface area contributed by atoms with E-state index in [1.807, 2.05) is 31.2 Å². The second-order valence-electron chi connectivity index (χ2n) is 10.1. The van der Waals surface area contributed by atoms with Crippen molar-refractivity contribution in [1.82, 2.24) is 10.2 Å². The summed E-state index contributed by atoms with van der Waals surface area (Å²) in [7, 11) is 1.62. The molecule has 3 N–H and O–H groups in total. The molecule has 38 heavy (non-hydrogen) atoms. The highest BCUT2D eigenvalue weighted by Gasteiger charge is 2.33. The second-order valence-corrected chi connectivity index (χ2v) is 10.7. The number of fused-ring (bicyclic) bond motifs is 1. The Morgan fingerprint density at radius 2 is 1.89 bits per heavy atom. The molecule has 9 heteroatoms. The molecule has 2 aromatic carbocycles. The highest BCUT2D eigenvalue weighted by Crippen LogP contribution is 2.36. The average Bonchev–Trinajstić information content (AvgIpc) is 3.22. The van der Waals surface area contributed by atoms with Crippen molar-refractivity contribution in [2.75, 3.05) is 11.9 Å². The van der Waals surface area contributed by atoms with E-state index in [2.05, 4.69) is 12.2 Å². The van der Waals surface area contributed by atoms with Crippen molar-refractivity contribution >= 4 is 35.9 Å². The van der Waals surface area contributed by atoms with E-state index in [-0.39, 0.29) is 23.4 Å². The Balaban J connectivity index is 0.000000599. The van der Waals surface area contributed by atoms with Crippen LogP contribution in [-0.2, 0) is 19.5 Å². The Morgan fingerprint density at radius 3 is 2.45 bits per heavy atom. The molecule has 1 fully saturated rings. The first-order valence-electron chi connectivity index (χ1n) is 13.1. The summed E-state index contributed by atoms with van der Waals surface area (Å²) in [6, 6.07) is 11.4. The molecular formula is C29H38ClF2N5O. The molecule has 2 atom stereocenters. The Kier molecular flexibility index (Phi) is 10.8. The molecule has 1 saturated carbocycles. The van der Waals surface area contributed by atoms with Crippen molar-refractivity contribution in [2.24, 2.45) is 5.92 Å². The maximum Gasteiger partial charge on any atom is 0.264 e. The topological polar surface area (TPSA) is 83.3 Å². The Morgan fingerprint density at radius 1 is 1.18 bits per heavy atom. The fourth-order valence-corrected chi connectivity index (χ4v) is 4.86. The zero-order chi connectivity index (χ0) is 27.8.